The summed E-state index contributed by atoms with van der Waals surface area (Å²) in [5.41, 5.74) is 0.660. The van der Waals surface area contributed by atoms with Gasteiger partial charge in [-0.05, 0) is 26.0 Å². The Hall–Kier alpha value is -2.15. The third-order valence-electron chi connectivity index (χ3n) is 2.62. The number of carbonyl (C=O) groups excluding carboxylic acids is 1. The molecule has 0 aliphatic heterocycles. The van der Waals surface area contributed by atoms with Crippen LogP contribution in [0.5, 0.6) is 0 Å². The van der Waals surface area contributed by atoms with E-state index in [9.17, 15) is 14.9 Å². The van der Waals surface area contributed by atoms with Crippen LogP contribution in [0.25, 0.3) is 0 Å². The maximum absolute atomic E-state index is 12.0. The molecule has 110 valence electrons. The number of methoxy groups -OCH3 is 1. The van der Waals surface area contributed by atoms with E-state index in [0.717, 1.165) is 0 Å². The Balaban J connectivity index is 2.93. The minimum atomic E-state index is -0.479. The summed E-state index contributed by atoms with van der Waals surface area (Å²) in [6.45, 7) is 4.58. The molecule has 1 atom stereocenters. The molecular formula is C13H19N3O4. The largest absolute Gasteiger partial charge is 0.383 e. The fourth-order valence-corrected chi connectivity index (χ4v) is 1.77. The molecule has 1 unspecified atom stereocenters. The van der Waals surface area contributed by atoms with Crippen LogP contribution in [-0.4, -0.2) is 37.1 Å². The number of nitrogens with zero attached hydrogens (tertiary/aromatic N) is 1. The van der Waals surface area contributed by atoms with Gasteiger partial charge in [-0.1, -0.05) is 0 Å². The van der Waals surface area contributed by atoms with Crippen molar-refractivity contribution in [1.82, 2.24) is 5.32 Å². The number of hydrogen-bond donors (Lipinski definition) is 2. The molecule has 0 saturated heterocycles. The monoisotopic (exact) mass is 281 g/mol. The number of nitro groups is 1. The number of carbonyl (C=O) groups is 1. The van der Waals surface area contributed by atoms with Crippen molar-refractivity contribution in [2.75, 3.05) is 25.6 Å². The van der Waals surface area contributed by atoms with Gasteiger partial charge in [0, 0.05) is 31.3 Å². The van der Waals surface area contributed by atoms with Crippen LogP contribution in [0.1, 0.15) is 24.2 Å². The average Bonchev–Trinajstić information content (AvgIpc) is 2.38. The smallest absolute Gasteiger partial charge is 0.292 e. The molecule has 0 heterocycles. The van der Waals surface area contributed by atoms with Gasteiger partial charge in [0.15, 0.2) is 0 Å². The molecule has 0 aromatic heterocycles. The first-order valence-electron chi connectivity index (χ1n) is 6.31. The van der Waals surface area contributed by atoms with E-state index in [1.54, 1.807) is 7.11 Å². The van der Waals surface area contributed by atoms with Gasteiger partial charge in [-0.15, -0.1) is 0 Å². The highest BCUT2D eigenvalue weighted by atomic mass is 16.6. The van der Waals surface area contributed by atoms with Gasteiger partial charge in [-0.25, -0.2) is 0 Å². The van der Waals surface area contributed by atoms with Crippen molar-refractivity contribution in [3.63, 3.8) is 0 Å². The summed E-state index contributed by atoms with van der Waals surface area (Å²) in [7, 11) is 1.55. The zero-order valence-corrected chi connectivity index (χ0v) is 11.8. The molecule has 1 aromatic rings. The number of hydrogen-bond acceptors (Lipinski definition) is 5. The maximum Gasteiger partial charge on any atom is 0.292 e. The predicted octanol–water partition coefficient (Wildman–Crippen LogP) is 1.79. The quantitative estimate of drug-likeness (QED) is 0.587. The third-order valence-corrected chi connectivity index (χ3v) is 2.62. The summed E-state index contributed by atoms with van der Waals surface area (Å²) in [5.74, 6) is -0.288. The van der Waals surface area contributed by atoms with Gasteiger partial charge in [0.1, 0.15) is 5.69 Å². The average molecular weight is 281 g/mol. The van der Waals surface area contributed by atoms with E-state index in [1.165, 1.54) is 18.2 Å². The Kier molecular flexibility index (Phi) is 5.92. The van der Waals surface area contributed by atoms with Crippen molar-refractivity contribution >= 4 is 17.3 Å². The van der Waals surface area contributed by atoms with E-state index in [1.807, 2.05) is 13.8 Å². The predicted molar refractivity (Wildman–Crippen MR) is 76.1 cm³/mol. The lowest BCUT2D eigenvalue weighted by Gasteiger charge is -2.13. The van der Waals surface area contributed by atoms with Crippen molar-refractivity contribution in [2.24, 2.45) is 0 Å². The van der Waals surface area contributed by atoms with Gasteiger partial charge < -0.3 is 15.4 Å². The van der Waals surface area contributed by atoms with Crippen LogP contribution in [0, 0.1) is 10.1 Å². The normalized spacial score (nSPS) is 11.8. The van der Waals surface area contributed by atoms with Crippen molar-refractivity contribution in [3.05, 3.63) is 33.9 Å². The van der Waals surface area contributed by atoms with Gasteiger partial charge in [-0.2, -0.15) is 0 Å². The molecule has 0 fully saturated rings. The van der Waals surface area contributed by atoms with Crippen molar-refractivity contribution in [1.29, 1.82) is 0 Å². The Morgan fingerprint density at radius 2 is 2.20 bits per heavy atom. The first-order chi connectivity index (χ1) is 9.49. The van der Waals surface area contributed by atoms with Crippen LogP contribution in [0.2, 0.25) is 0 Å². The maximum atomic E-state index is 12.0. The number of ether oxygens (including phenoxy) is 1. The van der Waals surface area contributed by atoms with Gasteiger partial charge in [0.2, 0.25) is 0 Å². The molecule has 1 amide bonds. The molecule has 0 aliphatic carbocycles. The Labute approximate surface area is 117 Å². The molecule has 1 rings (SSSR count). The zero-order valence-electron chi connectivity index (χ0n) is 11.8. The van der Waals surface area contributed by atoms with Crippen LogP contribution in [0.15, 0.2) is 18.2 Å². The summed E-state index contributed by atoms with van der Waals surface area (Å²) < 4.78 is 4.94. The number of anilines is 1. The summed E-state index contributed by atoms with van der Waals surface area (Å²) in [6.07, 6.45) is 0. The molecular weight excluding hydrogens is 262 g/mol. The van der Waals surface area contributed by atoms with E-state index in [-0.39, 0.29) is 17.6 Å². The lowest BCUT2D eigenvalue weighted by Crippen LogP contribution is -2.35. The lowest BCUT2D eigenvalue weighted by molar-refractivity contribution is -0.384. The van der Waals surface area contributed by atoms with Crippen LogP contribution < -0.4 is 10.6 Å². The number of nitrogens with one attached hydrogen (secondary N) is 2. The number of rotatable bonds is 7. The van der Waals surface area contributed by atoms with Crippen LogP contribution in [-0.2, 0) is 4.74 Å². The van der Waals surface area contributed by atoms with E-state index in [2.05, 4.69) is 10.6 Å². The highest BCUT2D eigenvalue weighted by molar-refractivity contribution is 5.96. The van der Waals surface area contributed by atoms with Gasteiger partial charge in [0.05, 0.1) is 11.5 Å². The van der Waals surface area contributed by atoms with E-state index >= 15 is 0 Å². The molecule has 1 aromatic carbocycles. The van der Waals surface area contributed by atoms with Crippen LogP contribution >= 0.6 is 0 Å². The second-order valence-electron chi connectivity index (χ2n) is 4.35. The molecule has 0 saturated carbocycles. The summed E-state index contributed by atoms with van der Waals surface area (Å²) in [4.78, 5) is 22.4. The molecule has 0 bridgehead atoms. The molecule has 0 spiro atoms. The molecule has 20 heavy (non-hydrogen) atoms. The SMILES string of the molecule is CCNc1cc(C(=O)NC(C)COC)ccc1[N+](=O)[O-]. The van der Waals surface area contributed by atoms with Crippen LogP contribution in [0.3, 0.4) is 0 Å². The molecule has 0 aliphatic rings. The van der Waals surface area contributed by atoms with Crippen molar-refractivity contribution in [3.8, 4) is 0 Å². The van der Waals surface area contributed by atoms with Gasteiger partial charge in [0.25, 0.3) is 11.6 Å². The fourth-order valence-electron chi connectivity index (χ4n) is 1.77. The zero-order chi connectivity index (χ0) is 15.1. The topological polar surface area (TPSA) is 93.5 Å². The second-order valence-corrected chi connectivity index (χ2v) is 4.35. The summed E-state index contributed by atoms with van der Waals surface area (Å²) in [5, 5.41) is 16.5. The minimum Gasteiger partial charge on any atom is -0.383 e. The number of benzene rings is 1. The first-order valence-corrected chi connectivity index (χ1v) is 6.31. The first kappa shape index (κ1) is 15.9. The standard InChI is InChI=1S/C13H19N3O4/c1-4-14-11-7-10(5-6-12(11)16(18)19)13(17)15-9(2)8-20-3/h5-7,9,14H,4,8H2,1-3H3,(H,15,17). The minimum absolute atomic E-state index is 0.0478. The highest BCUT2D eigenvalue weighted by Gasteiger charge is 2.17. The van der Waals surface area contributed by atoms with E-state index < -0.39 is 4.92 Å². The molecule has 7 heteroatoms. The lowest BCUT2D eigenvalue weighted by atomic mass is 10.1. The summed E-state index contributed by atoms with van der Waals surface area (Å²) >= 11 is 0. The second kappa shape index (κ2) is 7.44. The molecule has 0 radical (unpaired) electrons. The Morgan fingerprint density at radius 1 is 1.50 bits per heavy atom. The molecule has 2 N–H and O–H groups in total. The van der Waals surface area contributed by atoms with E-state index in [4.69, 9.17) is 4.74 Å². The molecule has 7 nitrogen and oxygen atoms in total. The Morgan fingerprint density at radius 3 is 2.75 bits per heavy atom. The van der Waals surface area contributed by atoms with Crippen molar-refractivity contribution < 1.29 is 14.5 Å². The summed E-state index contributed by atoms with van der Waals surface area (Å²) in [6, 6.07) is 4.11. The Bertz CT molecular complexity index is 491. The van der Waals surface area contributed by atoms with Crippen LogP contribution in [0.4, 0.5) is 11.4 Å². The van der Waals surface area contributed by atoms with Crippen molar-refractivity contribution in [2.45, 2.75) is 19.9 Å². The van der Waals surface area contributed by atoms with Gasteiger partial charge >= 0.3 is 0 Å². The third kappa shape index (κ3) is 4.20. The fraction of sp³-hybridized carbons (Fsp3) is 0.462. The number of nitro benzene ring substituents is 1. The highest BCUT2D eigenvalue weighted by Crippen LogP contribution is 2.25. The number of amides is 1. The van der Waals surface area contributed by atoms with E-state index in [0.29, 0.717) is 24.4 Å². The van der Waals surface area contributed by atoms with Gasteiger partial charge in [-0.3, -0.25) is 14.9 Å².